The topological polar surface area (TPSA) is 40.2 Å². The number of hydrogen-bond acceptors (Lipinski definition) is 7. The molecule has 0 bridgehead atoms. The molecule has 0 amide bonds. The van der Waals surface area contributed by atoms with Gasteiger partial charge in [0, 0.05) is 18.3 Å². The number of thiol groups is 2. The van der Waals surface area contributed by atoms with E-state index in [-0.39, 0.29) is 0 Å². The van der Waals surface area contributed by atoms with Crippen molar-refractivity contribution in [2.45, 2.75) is 37.4 Å². The monoisotopic (exact) mass is 395 g/mol. The maximum atomic E-state index is 5.66. The van der Waals surface area contributed by atoms with E-state index in [0.717, 1.165) is 45.0 Å². The van der Waals surface area contributed by atoms with Crippen molar-refractivity contribution in [3.05, 3.63) is 0 Å². The molecule has 0 saturated carbocycles. The molecule has 1 aliphatic rings. The van der Waals surface area contributed by atoms with Crippen LogP contribution in [0.1, 0.15) is 32.1 Å². The molecule has 1 aliphatic heterocycles. The Hall–Kier alpha value is 0.500. The van der Waals surface area contributed by atoms with Crippen LogP contribution in [0.25, 0.3) is 0 Å². The average molecular weight is 396 g/mol. The second-order valence-corrected chi connectivity index (χ2v) is 7.48. The fourth-order valence-corrected chi connectivity index (χ4v) is 3.50. The highest BCUT2D eigenvalue weighted by Crippen LogP contribution is 2.13. The summed E-state index contributed by atoms with van der Waals surface area (Å²) in [5.74, 6) is 0.929. The van der Waals surface area contributed by atoms with Gasteiger partial charge in [0.15, 0.2) is 0 Å². The zero-order valence-corrected chi connectivity index (χ0v) is 17.4. The van der Waals surface area contributed by atoms with Gasteiger partial charge in [-0.1, -0.05) is 12.8 Å². The first-order valence-corrected chi connectivity index (χ1v) is 10.8. The molecule has 25 heavy (non-hydrogen) atoms. The highest BCUT2D eigenvalue weighted by Gasteiger charge is 2.07. The maximum Gasteiger partial charge on any atom is 0.0701 e. The van der Waals surface area contributed by atoms with Crippen molar-refractivity contribution in [3.63, 3.8) is 0 Å². The van der Waals surface area contributed by atoms with Gasteiger partial charge in [-0.15, -0.1) is 0 Å². The third kappa shape index (κ3) is 15.3. The predicted molar refractivity (Wildman–Crippen MR) is 109 cm³/mol. The van der Waals surface area contributed by atoms with Crippen LogP contribution in [-0.2, 0) is 18.9 Å². The van der Waals surface area contributed by atoms with E-state index in [2.05, 4.69) is 30.2 Å². The largest absolute Gasteiger partial charge is 0.378 e. The Balaban J connectivity index is 2.16. The Morgan fingerprint density at radius 2 is 1.20 bits per heavy atom. The van der Waals surface area contributed by atoms with Crippen LogP contribution in [0.3, 0.4) is 0 Å². The summed E-state index contributed by atoms with van der Waals surface area (Å²) < 4.78 is 22.2. The Labute approximate surface area is 164 Å². The minimum Gasteiger partial charge on any atom is -0.378 e. The third-order valence-electron chi connectivity index (χ3n) is 4.19. The summed E-state index contributed by atoms with van der Waals surface area (Å²) in [6.45, 7) is 8.33. The van der Waals surface area contributed by atoms with Gasteiger partial charge in [-0.2, -0.15) is 25.3 Å². The zero-order chi connectivity index (χ0) is 18.0. The average Bonchev–Trinajstić information content (AvgIpc) is 2.61. The predicted octanol–water partition coefficient (Wildman–Crippen LogP) is 2.55. The molecule has 0 aromatic heterocycles. The molecule has 1 atom stereocenters. The van der Waals surface area contributed by atoms with E-state index in [1.807, 2.05) is 0 Å². The van der Waals surface area contributed by atoms with E-state index >= 15 is 0 Å². The van der Waals surface area contributed by atoms with Crippen molar-refractivity contribution < 1.29 is 18.9 Å². The highest BCUT2D eigenvalue weighted by molar-refractivity contribution is 7.81. The first-order chi connectivity index (χ1) is 12.3. The highest BCUT2D eigenvalue weighted by atomic mass is 32.1. The summed E-state index contributed by atoms with van der Waals surface area (Å²) >= 11 is 8.86. The maximum absolute atomic E-state index is 5.66. The van der Waals surface area contributed by atoms with Crippen LogP contribution in [0, 0.1) is 0 Å². The van der Waals surface area contributed by atoms with Crippen LogP contribution in [0.5, 0.6) is 0 Å². The third-order valence-corrected chi connectivity index (χ3v) is 4.97. The van der Waals surface area contributed by atoms with E-state index in [4.69, 9.17) is 18.9 Å². The van der Waals surface area contributed by atoms with E-state index < -0.39 is 0 Å². The lowest BCUT2D eigenvalue weighted by Crippen LogP contribution is -2.32. The van der Waals surface area contributed by atoms with Gasteiger partial charge in [-0.3, -0.25) is 4.90 Å². The van der Waals surface area contributed by atoms with Crippen LogP contribution in [0.15, 0.2) is 0 Å². The van der Waals surface area contributed by atoms with Gasteiger partial charge in [0.05, 0.1) is 52.9 Å². The van der Waals surface area contributed by atoms with Crippen LogP contribution >= 0.6 is 25.3 Å². The molecule has 0 radical (unpaired) electrons. The van der Waals surface area contributed by atoms with E-state index in [1.54, 1.807) is 0 Å². The Kier molecular flexibility index (Phi) is 16.8. The molecule has 1 saturated heterocycles. The van der Waals surface area contributed by atoms with Crippen molar-refractivity contribution in [1.29, 1.82) is 0 Å². The summed E-state index contributed by atoms with van der Waals surface area (Å²) in [6.07, 6.45) is 6.00. The lowest BCUT2D eigenvalue weighted by atomic mass is 10.1. The van der Waals surface area contributed by atoms with Gasteiger partial charge >= 0.3 is 0 Å². The molecule has 0 aromatic rings. The smallest absolute Gasteiger partial charge is 0.0701 e. The number of ether oxygens (including phenoxy) is 4. The zero-order valence-electron chi connectivity index (χ0n) is 15.6. The molecular weight excluding hydrogens is 358 g/mol. The van der Waals surface area contributed by atoms with Gasteiger partial charge in [0.2, 0.25) is 0 Å². The molecular formula is C18H37NO4S2. The molecule has 1 fully saturated rings. The summed E-state index contributed by atoms with van der Waals surface area (Å²) in [5.41, 5.74) is 0. The Bertz CT molecular complexity index is 272. The molecule has 1 heterocycles. The van der Waals surface area contributed by atoms with Crippen molar-refractivity contribution in [3.8, 4) is 0 Å². The van der Waals surface area contributed by atoms with Crippen molar-refractivity contribution in [1.82, 2.24) is 4.90 Å². The standard InChI is InChI=1S/C18H37NO4S2/c24-17-5-18(25)4-2-1-3-6-19-7-9-20-11-13-22-15-16-23-14-12-21-10-8-19/h18,24-25H,1-17H2. The normalized spacial score (nSPS) is 21.4. The lowest BCUT2D eigenvalue weighted by molar-refractivity contribution is 0.00206. The van der Waals surface area contributed by atoms with Crippen LogP contribution in [-0.4, -0.2) is 88.4 Å². The molecule has 7 heteroatoms. The summed E-state index contributed by atoms with van der Waals surface area (Å²) in [6, 6.07) is 0. The minimum absolute atomic E-state index is 0.502. The van der Waals surface area contributed by atoms with Crippen LogP contribution in [0.4, 0.5) is 0 Å². The van der Waals surface area contributed by atoms with Crippen molar-refractivity contribution in [2.75, 3.05) is 78.2 Å². The van der Waals surface area contributed by atoms with Crippen LogP contribution in [0.2, 0.25) is 0 Å². The summed E-state index contributed by atoms with van der Waals surface area (Å²) in [7, 11) is 0. The number of unbranched alkanes of at least 4 members (excludes halogenated alkanes) is 2. The van der Waals surface area contributed by atoms with Gasteiger partial charge in [0.1, 0.15) is 0 Å². The Morgan fingerprint density at radius 1 is 0.680 bits per heavy atom. The molecule has 0 spiro atoms. The second-order valence-electron chi connectivity index (χ2n) is 6.31. The number of nitrogens with zero attached hydrogens (tertiary/aromatic N) is 1. The number of rotatable bonds is 8. The summed E-state index contributed by atoms with van der Waals surface area (Å²) in [4.78, 5) is 2.44. The quantitative estimate of drug-likeness (QED) is 0.488. The van der Waals surface area contributed by atoms with Gasteiger partial charge in [0.25, 0.3) is 0 Å². The van der Waals surface area contributed by atoms with Gasteiger partial charge < -0.3 is 18.9 Å². The van der Waals surface area contributed by atoms with Gasteiger partial charge in [-0.05, 0) is 31.6 Å². The minimum atomic E-state index is 0.502. The molecule has 0 N–H and O–H groups in total. The second kappa shape index (κ2) is 17.9. The van der Waals surface area contributed by atoms with E-state index in [1.165, 1.54) is 25.7 Å². The molecule has 1 unspecified atom stereocenters. The summed E-state index contributed by atoms with van der Waals surface area (Å²) in [5, 5.41) is 0.502. The van der Waals surface area contributed by atoms with E-state index in [9.17, 15) is 0 Å². The van der Waals surface area contributed by atoms with Crippen molar-refractivity contribution >= 4 is 25.3 Å². The molecule has 150 valence electrons. The molecule has 0 aromatic carbocycles. The number of hydrogen-bond donors (Lipinski definition) is 2. The van der Waals surface area contributed by atoms with E-state index in [0.29, 0.717) is 44.9 Å². The van der Waals surface area contributed by atoms with Gasteiger partial charge in [-0.25, -0.2) is 0 Å². The fourth-order valence-electron chi connectivity index (χ4n) is 2.67. The molecule has 5 nitrogen and oxygen atoms in total. The first kappa shape index (κ1) is 23.5. The Morgan fingerprint density at radius 3 is 1.72 bits per heavy atom. The SMILES string of the molecule is SCCC(S)CCCCCN1CCOCCOCCOCCOCC1. The lowest BCUT2D eigenvalue weighted by Gasteiger charge is -2.22. The molecule has 1 rings (SSSR count). The van der Waals surface area contributed by atoms with Crippen molar-refractivity contribution in [2.24, 2.45) is 0 Å². The first-order valence-electron chi connectivity index (χ1n) is 9.65. The van der Waals surface area contributed by atoms with Crippen LogP contribution < -0.4 is 0 Å². The fraction of sp³-hybridized carbons (Fsp3) is 1.00. The molecule has 0 aliphatic carbocycles.